The maximum Gasteiger partial charge on any atom is 0.573 e. The lowest BCUT2D eigenvalue weighted by Crippen LogP contribution is -2.16. The molecule has 1 aromatic heterocycles. The SMILES string of the molecule is COC(=O)c1ccc(Nc2ncc(C3CC3)c(-c3ccc(OC(F)(F)F)cc3)n2)cc1. The van der Waals surface area contributed by atoms with Crippen LogP contribution < -0.4 is 10.1 Å². The van der Waals surface area contributed by atoms with Crippen molar-refractivity contribution in [2.24, 2.45) is 0 Å². The predicted octanol–water partition coefficient (Wildman–Crippen LogP) is 5.45. The second-order valence-corrected chi connectivity index (χ2v) is 7.04. The molecule has 0 radical (unpaired) electrons. The summed E-state index contributed by atoms with van der Waals surface area (Å²) >= 11 is 0. The number of methoxy groups -OCH3 is 1. The Labute approximate surface area is 176 Å². The number of nitrogens with one attached hydrogen (secondary N) is 1. The van der Waals surface area contributed by atoms with Gasteiger partial charge in [0.2, 0.25) is 5.95 Å². The molecule has 1 fully saturated rings. The molecule has 0 saturated heterocycles. The highest BCUT2D eigenvalue weighted by atomic mass is 19.4. The zero-order chi connectivity index (χ0) is 22.0. The lowest BCUT2D eigenvalue weighted by molar-refractivity contribution is -0.274. The molecule has 0 unspecified atom stereocenters. The number of benzene rings is 2. The summed E-state index contributed by atoms with van der Waals surface area (Å²) in [5.41, 5.74) is 3.37. The predicted molar refractivity (Wildman–Crippen MR) is 107 cm³/mol. The number of anilines is 2. The van der Waals surface area contributed by atoms with E-state index >= 15 is 0 Å². The number of aromatic nitrogens is 2. The van der Waals surface area contributed by atoms with Gasteiger partial charge in [-0.15, -0.1) is 13.2 Å². The summed E-state index contributed by atoms with van der Waals surface area (Å²) in [5.74, 6) is -0.0468. The topological polar surface area (TPSA) is 73.3 Å². The second-order valence-electron chi connectivity index (χ2n) is 7.04. The summed E-state index contributed by atoms with van der Waals surface area (Å²) in [6.45, 7) is 0. The average Bonchev–Trinajstić information content (AvgIpc) is 3.58. The molecule has 0 spiro atoms. The number of rotatable bonds is 6. The van der Waals surface area contributed by atoms with Gasteiger partial charge in [0, 0.05) is 23.0 Å². The number of alkyl halides is 3. The largest absolute Gasteiger partial charge is 0.573 e. The summed E-state index contributed by atoms with van der Waals surface area (Å²) in [5, 5.41) is 3.08. The van der Waals surface area contributed by atoms with E-state index in [-0.39, 0.29) is 5.75 Å². The molecule has 1 heterocycles. The molecule has 31 heavy (non-hydrogen) atoms. The van der Waals surface area contributed by atoms with E-state index in [1.807, 2.05) is 0 Å². The van der Waals surface area contributed by atoms with Gasteiger partial charge >= 0.3 is 12.3 Å². The minimum atomic E-state index is -4.74. The zero-order valence-corrected chi connectivity index (χ0v) is 16.4. The van der Waals surface area contributed by atoms with Crippen LogP contribution in [0.1, 0.15) is 34.7 Å². The molecule has 0 aliphatic heterocycles. The first-order chi connectivity index (χ1) is 14.8. The highest BCUT2D eigenvalue weighted by molar-refractivity contribution is 5.89. The second kappa shape index (κ2) is 8.25. The van der Waals surface area contributed by atoms with Crippen LogP contribution in [0.5, 0.6) is 5.75 Å². The van der Waals surface area contributed by atoms with Crippen LogP contribution in [0.25, 0.3) is 11.3 Å². The fourth-order valence-electron chi connectivity index (χ4n) is 3.13. The Kier molecular flexibility index (Phi) is 5.50. The molecule has 0 bridgehead atoms. The van der Waals surface area contributed by atoms with Crippen molar-refractivity contribution in [3.63, 3.8) is 0 Å². The number of hydrogen-bond acceptors (Lipinski definition) is 6. The van der Waals surface area contributed by atoms with Gasteiger partial charge in [0.1, 0.15) is 5.75 Å². The van der Waals surface area contributed by atoms with Crippen LogP contribution >= 0.6 is 0 Å². The van der Waals surface area contributed by atoms with Gasteiger partial charge in [0.25, 0.3) is 0 Å². The Morgan fingerprint density at radius 1 is 1.06 bits per heavy atom. The van der Waals surface area contributed by atoms with E-state index in [9.17, 15) is 18.0 Å². The fraction of sp³-hybridized carbons (Fsp3) is 0.227. The molecule has 0 atom stereocenters. The third-order valence-electron chi connectivity index (χ3n) is 4.76. The van der Waals surface area contributed by atoms with E-state index < -0.39 is 12.3 Å². The van der Waals surface area contributed by atoms with Crippen molar-refractivity contribution < 1.29 is 27.4 Å². The summed E-state index contributed by atoms with van der Waals surface area (Å²) in [6, 6.07) is 12.3. The van der Waals surface area contributed by atoms with Gasteiger partial charge in [-0.25, -0.2) is 14.8 Å². The number of hydrogen-bond donors (Lipinski definition) is 1. The van der Waals surface area contributed by atoms with Crippen LogP contribution in [0.3, 0.4) is 0 Å². The van der Waals surface area contributed by atoms with E-state index in [2.05, 4.69) is 24.8 Å². The lowest BCUT2D eigenvalue weighted by Gasteiger charge is -2.13. The number of halogens is 3. The van der Waals surface area contributed by atoms with Crippen molar-refractivity contribution >= 4 is 17.6 Å². The zero-order valence-electron chi connectivity index (χ0n) is 16.4. The number of ether oxygens (including phenoxy) is 2. The van der Waals surface area contributed by atoms with Gasteiger partial charge in [-0.05, 0) is 67.3 Å². The Hall–Kier alpha value is -3.62. The molecule has 1 aliphatic carbocycles. The molecule has 4 rings (SSSR count). The first-order valence-electron chi connectivity index (χ1n) is 9.51. The number of nitrogens with zero attached hydrogens (tertiary/aromatic N) is 2. The number of carbonyl (C=O) groups excluding carboxylic acids is 1. The molecular formula is C22H18F3N3O3. The average molecular weight is 429 g/mol. The quantitative estimate of drug-likeness (QED) is 0.526. The lowest BCUT2D eigenvalue weighted by atomic mass is 10.0. The minimum absolute atomic E-state index is 0.290. The monoisotopic (exact) mass is 429 g/mol. The van der Waals surface area contributed by atoms with Crippen LogP contribution in [0.15, 0.2) is 54.7 Å². The van der Waals surface area contributed by atoms with E-state index in [1.165, 1.54) is 19.2 Å². The van der Waals surface area contributed by atoms with Crippen molar-refractivity contribution in [3.8, 4) is 17.0 Å². The minimum Gasteiger partial charge on any atom is -0.465 e. The molecule has 160 valence electrons. The van der Waals surface area contributed by atoms with Gasteiger partial charge in [-0.1, -0.05) is 0 Å². The highest BCUT2D eigenvalue weighted by Gasteiger charge is 2.31. The number of esters is 1. The first-order valence-corrected chi connectivity index (χ1v) is 9.51. The third kappa shape index (κ3) is 5.11. The molecule has 1 aliphatic rings. The molecule has 1 saturated carbocycles. The van der Waals surface area contributed by atoms with Crippen molar-refractivity contribution in [2.75, 3.05) is 12.4 Å². The summed E-state index contributed by atoms with van der Waals surface area (Å²) in [4.78, 5) is 20.5. The smallest absolute Gasteiger partial charge is 0.465 e. The molecule has 0 amide bonds. The van der Waals surface area contributed by atoms with Gasteiger partial charge in [0.05, 0.1) is 18.4 Å². The van der Waals surface area contributed by atoms with Crippen LogP contribution in [-0.2, 0) is 4.74 Å². The van der Waals surface area contributed by atoms with E-state index in [0.717, 1.165) is 18.4 Å². The molecular weight excluding hydrogens is 411 g/mol. The van der Waals surface area contributed by atoms with E-state index in [1.54, 1.807) is 42.6 Å². The summed E-state index contributed by atoms with van der Waals surface area (Å²) in [7, 11) is 1.31. The number of carbonyl (C=O) groups is 1. The standard InChI is InChI=1S/C22H18F3N3O3/c1-30-20(29)15-4-8-16(9-5-15)27-21-26-12-18(13-2-3-13)19(28-21)14-6-10-17(11-7-14)31-22(23,24)25/h4-13H,2-3H2,1H3,(H,26,27,28). The van der Waals surface area contributed by atoms with Crippen LogP contribution in [0.4, 0.5) is 24.8 Å². The van der Waals surface area contributed by atoms with Gasteiger partial charge in [-0.3, -0.25) is 0 Å². The van der Waals surface area contributed by atoms with Gasteiger partial charge in [-0.2, -0.15) is 0 Å². The molecule has 1 N–H and O–H groups in total. The Bertz CT molecular complexity index is 1080. The summed E-state index contributed by atoms with van der Waals surface area (Å²) < 4.78 is 45.9. The van der Waals surface area contributed by atoms with Gasteiger partial charge < -0.3 is 14.8 Å². The van der Waals surface area contributed by atoms with Crippen LogP contribution in [0, 0.1) is 0 Å². The van der Waals surface area contributed by atoms with Crippen molar-refractivity contribution in [1.29, 1.82) is 0 Å². The maximum atomic E-state index is 12.4. The van der Waals surface area contributed by atoms with Crippen LogP contribution in [-0.4, -0.2) is 29.4 Å². The molecule has 3 aromatic rings. The van der Waals surface area contributed by atoms with E-state index in [4.69, 9.17) is 0 Å². The summed E-state index contributed by atoms with van der Waals surface area (Å²) in [6.07, 6.45) is -0.956. The fourth-order valence-corrected chi connectivity index (χ4v) is 3.13. The van der Waals surface area contributed by atoms with Crippen molar-refractivity contribution in [3.05, 3.63) is 65.9 Å². The van der Waals surface area contributed by atoms with E-state index in [0.29, 0.717) is 34.4 Å². The Morgan fingerprint density at radius 3 is 2.32 bits per heavy atom. The Balaban J connectivity index is 1.59. The first kappa shape index (κ1) is 20.6. The van der Waals surface area contributed by atoms with Crippen LogP contribution in [0.2, 0.25) is 0 Å². The maximum absolute atomic E-state index is 12.4. The third-order valence-corrected chi connectivity index (χ3v) is 4.76. The molecule has 2 aromatic carbocycles. The Morgan fingerprint density at radius 2 is 1.74 bits per heavy atom. The van der Waals surface area contributed by atoms with Crippen molar-refractivity contribution in [2.45, 2.75) is 25.1 Å². The molecule has 6 nitrogen and oxygen atoms in total. The van der Waals surface area contributed by atoms with Gasteiger partial charge in [0.15, 0.2) is 0 Å². The normalized spacial score (nSPS) is 13.5. The highest BCUT2D eigenvalue weighted by Crippen LogP contribution is 2.44. The van der Waals surface area contributed by atoms with Crippen molar-refractivity contribution in [1.82, 2.24) is 9.97 Å². The molecule has 9 heteroatoms.